The van der Waals surface area contributed by atoms with Crippen molar-refractivity contribution in [1.82, 2.24) is 4.90 Å². The second-order valence-electron chi connectivity index (χ2n) is 9.93. The van der Waals surface area contributed by atoms with E-state index >= 15 is 0 Å². The second-order valence-corrected chi connectivity index (χ2v) is 9.93. The average Bonchev–Trinajstić information content (AvgIpc) is 3.32. The fourth-order valence-corrected chi connectivity index (χ4v) is 5.19. The second kappa shape index (κ2) is 13.0. The van der Waals surface area contributed by atoms with Gasteiger partial charge in [-0.05, 0) is 46.9 Å². The number of likely N-dealkylation sites (tertiary alicyclic amines) is 1. The minimum atomic E-state index is -1.36. The summed E-state index contributed by atoms with van der Waals surface area (Å²) in [5.41, 5.74) is 4.10. The van der Waals surface area contributed by atoms with E-state index in [0.29, 0.717) is 12.2 Å². The first-order chi connectivity index (χ1) is 19.2. The number of carboxylic acids is 2. The topological polar surface area (TPSA) is 113 Å². The smallest absolute Gasteiger partial charge is 0.410 e. The van der Waals surface area contributed by atoms with E-state index in [4.69, 9.17) is 9.47 Å². The van der Waals surface area contributed by atoms with Crippen LogP contribution in [0, 0.1) is 18.8 Å². The summed E-state index contributed by atoms with van der Waals surface area (Å²) in [5, 5.41) is 19.6. The number of hydrogen-bond donors (Lipinski definition) is 2. The van der Waals surface area contributed by atoms with E-state index in [1.54, 1.807) is 12.1 Å². The lowest BCUT2D eigenvalue weighted by Crippen LogP contribution is -2.44. The highest BCUT2D eigenvalue weighted by atomic mass is 16.6. The number of ether oxygens (including phenoxy) is 2. The molecule has 0 saturated carbocycles. The van der Waals surface area contributed by atoms with Crippen LogP contribution in [-0.4, -0.2) is 52.3 Å². The Bertz CT molecular complexity index is 1360. The van der Waals surface area contributed by atoms with Gasteiger partial charge in [0.05, 0.1) is 13.0 Å². The van der Waals surface area contributed by atoms with Crippen LogP contribution in [0.3, 0.4) is 0 Å². The summed E-state index contributed by atoms with van der Waals surface area (Å²) in [6.07, 6.45) is -0.469. The van der Waals surface area contributed by atoms with Gasteiger partial charge in [-0.25, -0.2) is 9.59 Å². The number of nitrogens with zero attached hydrogens (tertiary/aromatic N) is 1. The number of carbonyl (C=O) groups excluding carboxylic acids is 1. The molecule has 0 aromatic heterocycles. The Morgan fingerprint density at radius 2 is 1.60 bits per heavy atom. The van der Waals surface area contributed by atoms with E-state index in [1.165, 1.54) is 5.56 Å². The van der Waals surface area contributed by atoms with Crippen LogP contribution in [0.4, 0.5) is 4.79 Å². The van der Waals surface area contributed by atoms with Crippen LogP contribution in [0.5, 0.6) is 5.75 Å². The SMILES string of the molecule is C=C(c1ccc(OCCc2ccccc2)c(C)c1)[C@H]1CN(C(=O)OCc2ccccc2)[C@H](C(=O)O)[C@H]1CC(=O)O. The van der Waals surface area contributed by atoms with Gasteiger partial charge < -0.3 is 19.7 Å². The monoisotopic (exact) mass is 543 g/mol. The minimum absolute atomic E-state index is 0.0181. The van der Waals surface area contributed by atoms with Crippen molar-refractivity contribution in [1.29, 1.82) is 0 Å². The summed E-state index contributed by atoms with van der Waals surface area (Å²) in [6, 6.07) is 23.3. The maximum absolute atomic E-state index is 13.0. The van der Waals surface area contributed by atoms with Gasteiger partial charge in [-0.2, -0.15) is 0 Å². The molecule has 0 aliphatic carbocycles. The van der Waals surface area contributed by atoms with Crippen molar-refractivity contribution in [2.24, 2.45) is 11.8 Å². The molecule has 4 rings (SSSR count). The molecular formula is C32H33NO7. The van der Waals surface area contributed by atoms with Crippen molar-refractivity contribution in [3.05, 3.63) is 108 Å². The molecule has 1 aliphatic rings. The van der Waals surface area contributed by atoms with Crippen LogP contribution in [0.1, 0.15) is 28.7 Å². The number of hydrogen-bond acceptors (Lipinski definition) is 5. The quantitative estimate of drug-likeness (QED) is 0.331. The zero-order valence-corrected chi connectivity index (χ0v) is 22.4. The van der Waals surface area contributed by atoms with Crippen molar-refractivity contribution >= 4 is 23.6 Å². The number of aliphatic carboxylic acids is 2. The molecule has 208 valence electrons. The largest absolute Gasteiger partial charge is 0.493 e. The third-order valence-corrected chi connectivity index (χ3v) is 7.24. The molecule has 1 saturated heterocycles. The first kappa shape index (κ1) is 28.4. The van der Waals surface area contributed by atoms with Gasteiger partial charge >= 0.3 is 18.0 Å². The summed E-state index contributed by atoms with van der Waals surface area (Å²) in [4.78, 5) is 38.2. The normalized spacial score (nSPS) is 18.2. The Kier molecular flexibility index (Phi) is 9.22. The maximum Gasteiger partial charge on any atom is 0.410 e. The minimum Gasteiger partial charge on any atom is -0.493 e. The van der Waals surface area contributed by atoms with Crippen LogP contribution < -0.4 is 4.74 Å². The molecule has 0 spiro atoms. The molecule has 1 aliphatic heterocycles. The number of amides is 1. The summed E-state index contributed by atoms with van der Waals surface area (Å²) in [7, 11) is 0. The molecule has 1 amide bonds. The van der Waals surface area contributed by atoms with Gasteiger partial charge in [0, 0.05) is 24.8 Å². The highest BCUT2D eigenvalue weighted by molar-refractivity contribution is 5.84. The van der Waals surface area contributed by atoms with Crippen molar-refractivity contribution in [2.75, 3.05) is 13.2 Å². The highest BCUT2D eigenvalue weighted by Crippen LogP contribution is 2.41. The lowest BCUT2D eigenvalue weighted by molar-refractivity contribution is -0.144. The summed E-state index contributed by atoms with van der Waals surface area (Å²) in [5.74, 6) is -3.18. The lowest BCUT2D eigenvalue weighted by atomic mass is 9.80. The standard InChI is InChI=1S/C32H33NO7/c1-21-17-25(13-14-28(21)39-16-15-23-9-5-3-6-10-23)22(2)27-19-33(30(31(36)37)26(27)18-29(34)35)32(38)40-20-24-11-7-4-8-12-24/h3-14,17,26-27,30H,2,15-16,18-20H2,1H3,(H,34,35)(H,36,37)/t26-,27+,30-/m0/s1. The predicted octanol–water partition coefficient (Wildman–Crippen LogP) is 5.44. The number of carboxylic acid groups (broad SMARTS) is 2. The van der Waals surface area contributed by atoms with Gasteiger partial charge in [0.1, 0.15) is 18.4 Å². The molecule has 8 nitrogen and oxygen atoms in total. The number of aryl methyl sites for hydroxylation is 1. The highest BCUT2D eigenvalue weighted by Gasteiger charge is 2.50. The molecule has 1 fully saturated rings. The van der Waals surface area contributed by atoms with E-state index in [-0.39, 0.29) is 13.2 Å². The first-order valence-electron chi connectivity index (χ1n) is 13.1. The van der Waals surface area contributed by atoms with E-state index in [0.717, 1.165) is 33.8 Å². The zero-order chi connectivity index (χ0) is 28.6. The molecule has 2 N–H and O–H groups in total. The Morgan fingerprint density at radius 1 is 0.950 bits per heavy atom. The van der Waals surface area contributed by atoms with Gasteiger partial charge in [-0.1, -0.05) is 73.3 Å². The van der Waals surface area contributed by atoms with Crippen molar-refractivity contribution < 1.29 is 34.1 Å². The third kappa shape index (κ3) is 6.88. The van der Waals surface area contributed by atoms with Crippen LogP contribution in [-0.2, 0) is 27.4 Å². The zero-order valence-electron chi connectivity index (χ0n) is 22.4. The Hall–Kier alpha value is -4.59. The van der Waals surface area contributed by atoms with Crippen molar-refractivity contribution in [3.63, 3.8) is 0 Å². The molecular weight excluding hydrogens is 510 g/mol. The number of carbonyl (C=O) groups is 3. The van der Waals surface area contributed by atoms with E-state index in [2.05, 4.69) is 6.58 Å². The summed E-state index contributed by atoms with van der Waals surface area (Å²) < 4.78 is 11.4. The third-order valence-electron chi connectivity index (χ3n) is 7.24. The van der Waals surface area contributed by atoms with E-state index in [1.807, 2.05) is 73.7 Å². The van der Waals surface area contributed by atoms with Gasteiger partial charge in [0.25, 0.3) is 0 Å². The molecule has 1 heterocycles. The number of benzene rings is 3. The summed E-state index contributed by atoms with van der Waals surface area (Å²) in [6.45, 7) is 6.59. The Morgan fingerprint density at radius 3 is 2.20 bits per heavy atom. The van der Waals surface area contributed by atoms with Crippen molar-refractivity contribution in [2.45, 2.75) is 32.4 Å². The molecule has 3 aromatic rings. The van der Waals surface area contributed by atoms with Crippen molar-refractivity contribution in [3.8, 4) is 5.75 Å². The van der Waals surface area contributed by atoms with Crippen LogP contribution in [0.2, 0.25) is 0 Å². The van der Waals surface area contributed by atoms with Crippen LogP contribution >= 0.6 is 0 Å². The van der Waals surface area contributed by atoms with Gasteiger partial charge in [0.2, 0.25) is 0 Å². The lowest BCUT2D eigenvalue weighted by Gasteiger charge is -2.24. The van der Waals surface area contributed by atoms with Crippen LogP contribution in [0.15, 0.2) is 85.4 Å². The Balaban J connectivity index is 1.49. The maximum atomic E-state index is 13.0. The predicted molar refractivity (Wildman–Crippen MR) is 150 cm³/mol. The van der Waals surface area contributed by atoms with Crippen LogP contribution in [0.25, 0.3) is 5.57 Å². The number of rotatable bonds is 11. The van der Waals surface area contributed by atoms with Gasteiger partial charge in [-0.15, -0.1) is 0 Å². The fraction of sp³-hybridized carbons (Fsp3) is 0.281. The molecule has 3 atom stereocenters. The first-order valence-corrected chi connectivity index (χ1v) is 13.1. The Labute approximate surface area is 233 Å². The van der Waals surface area contributed by atoms with E-state index < -0.39 is 42.3 Å². The summed E-state index contributed by atoms with van der Waals surface area (Å²) >= 11 is 0. The van der Waals surface area contributed by atoms with Gasteiger partial charge in [-0.3, -0.25) is 9.69 Å². The molecule has 0 radical (unpaired) electrons. The average molecular weight is 544 g/mol. The molecule has 0 bridgehead atoms. The molecule has 0 unspecified atom stereocenters. The fourth-order valence-electron chi connectivity index (χ4n) is 5.19. The molecule has 3 aromatic carbocycles. The molecule has 8 heteroatoms. The van der Waals surface area contributed by atoms with E-state index in [9.17, 15) is 24.6 Å². The molecule has 40 heavy (non-hydrogen) atoms. The van der Waals surface area contributed by atoms with Gasteiger partial charge in [0.15, 0.2) is 0 Å².